The summed E-state index contributed by atoms with van der Waals surface area (Å²) in [6.07, 6.45) is 1.04. The molecular formula is C22H27FO2. The lowest BCUT2D eigenvalue weighted by Crippen LogP contribution is -2.15. The smallest absolute Gasteiger partial charge is 0.137 e. The molecule has 0 fully saturated rings. The molecule has 0 aliphatic heterocycles. The van der Waals surface area contributed by atoms with E-state index in [1.54, 1.807) is 12.1 Å². The fraction of sp³-hybridized carbons (Fsp3) is 0.409. The Labute approximate surface area is 150 Å². The highest BCUT2D eigenvalue weighted by molar-refractivity contribution is 5.82. The maximum atomic E-state index is 12.9. The van der Waals surface area contributed by atoms with Gasteiger partial charge >= 0.3 is 0 Å². The van der Waals surface area contributed by atoms with Crippen molar-refractivity contribution in [1.82, 2.24) is 0 Å². The Morgan fingerprint density at radius 2 is 1.60 bits per heavy atom. The Hall–Kier alpha value is -2.16. The van der Waals surface area contributed by atoms with Crippen molar-refractivity contribution in [2.45, 2.75) is 54.1 Å². The van der Waals surface area contributed by atoms with E-state index in [9.17, 15) is 9.18 Å². The van der Waals surface area contributed by atoms with Gasteiger partial charge in [0.05, 0.1) is 0 Å². The molecule has 2 aromatic carbocycles. The lowest BCUT2D eigenvalue weighted by Gasteiger charge is -2.18. The van der Waals surface area contributed by atoms with Crippen LogP contribution in [0.15, 0.2) is 36.4 Å². The van der Waals surface area contributed by atoms with Gasteiger partial charge in [-0.1, -0.05) is 32.9 Å². The normalized spacial score (nSPS) is 11.4. The number of hydrogen-bond donors (Lipinski definition) is 0. The van der Waals surface area contributed by atoms with Gasteiger partial charge in [0, 0.05) is 12.8 Å². The van der Waals surface area contributed by atoms with E-state index in [2.05, 4.69) is 20.8 Å². The van der Waals surface area contributed by atoms with Crippen molar-refractivity contribution in [1.29, 1.82) is 0 Å². The SMILES string of the molecule is Cc1cc(OCc2ccc(F)cc2)cc(C)c1CC(=O)CC(C)(C)C. The molecule has 0 aliphatic rings. The minimum Gasteiger partial charge on any atom is -0.489 e. The number of hydrogen-bond acceptors (Lipinski definition) is 2. The van der Waals surface area contributed by atoms with Gasteiger partial charge in [-0.3, -0.25) is 4.79 Å². The summed E-state index contributed by atoms with van der Waals surface area (Å²) in [6.45, 7) is 10.7. The highest BCUT2D eigenvalue weighted by atomic mass is 19.1. The molecule has 2 rings (SSSR count). The van der Waals surface area contributed by atoms with Crippen molar-refractivity contribution >= 4 is 5.78 Å². The van der Waals surface area contributed by atoms with Crippen molar-refractivity contribution < 1.29 is 13.9 Å². The van der Waals surface area contributed by atoms with Crippen LogP contribution >= 0.6 is 0 Å². The van der Waals surface area contributed by atoms with Crippen LogP contribution in [0.25, 0.3) is 0 Å². The van der Waals surface area contributed by atoms with Crippen molar-refractivity contribution in [3.05, 3.63) is 64.5 Å². The number of halogens is 1. The molecule has 0 N–H and O–H groups in total. The third-order valence-corrected chi connectivity index (χ3v) is 4.09. The fourth-order valence-corrected chi connectivity index (χ4v) is 2.91. The summed E-state index contributed by atoms with van der Waals surface area (Å²) in [5.74, 6) is 0.782. The van der Waals surface area contributed by atoms with E-state index in [1.807, 2.05) is 26.0 Å². The first-order valence-corrected chi connectivity index (χ1v) is 8.63. The molecule has 0 saturated carbocycles. The largest absolute Gasteiger partial charge is 0.489 e. The van der Waals surface area contributed by atoms with E-state index in [0.717, 1.165) is 28.0 Å². The monoisotopic (exact) mass is 342 g/mol. The summed E-state index contributed by atoms with van der Waals surface area (Å²) >= 11 is 0. The van der Waals surface area contributed by atoms with Crippen LogP contribution in [0, 0.1) is 25.1 Å². The van der Waals surface area contributed by atoms with Gasteiger partial charge < -0.3 is 4.74 Å². The number of carbonyl (C=O) groups excluding carboxylic acids is 1. The van der Waals surface area contributed by atoms with Crippen molar-refractivity contribution in [3.8, 4) is 5.75 Å². The summed E-state index contributed by atoms with van der Waals surface area (Å²) in [6, 6.07) is 10.2. The van der Waals surface area contributed by atoms with Gasteiger partial charge in [-0.05, 0) is 65.8 Å². The first-order valence-electron chi connectivity index (χ1n) is 8.63. The molecule has 0 atom stereocenters. The molecule has 25 heavy (non-hydrogen) atoms. The third kappa shape index (κ3) is 6.00. The number of Topliss-reactive ketones (excluding diaryl/α,β-unsaturated/α-hetero) is 1. The van der Waals surface area contributed by atoms with Gasteiger partial charge in [-0.15, -0.1) is 0 Å². The number of benzene rings is 2. The topological polar surface area (TPSA) is 26.3 Å². The highest BCUT2D eigenvalue weighted by Crippen LogP contribution is 2.26. The molecular weight excluding hydrogens is 315 g/mol. The number of ketones is 1. The molecule has 2 nitrogen and oxygen atoms in total. The van der Waals surface area contributed by atoms with E-state index in [4.69, 9.17) is 4.74 Å². The van der Waals surface area contributed by atoms with Crippen molar-refractivity contribution in [2.24, 2.45) is 5.41 Å². The van der Waals surface area contributed by atoms with Crippen LogP contribution in [-0.2, 0) is 17.8 Å². The van der Waals surface area contributed by atoms with Crippen molar-refractivity contribution in [3.63, 3.8) is 0 Å². The Morgan fingerprint density at radius 1 is 1.04 bits per heavy atom. The van der Waals surface area contributed by atoms with Gasteiger partial charge in [0.2, 0.25) is 0 Å². The zero-order valence-electron chi connectivity index (χ0n) is 15.8. The van der Waals surface area contributed by atoms with Gasteiger partial charge in [0.15, 0.2) is 0 Å². The average molecular weight is 342 g/mol. The molecule has 0 spiro atoms. The molecule has 0 bridgehead atoms. The van der Waals surface area contributed by atoms with Crippen LogP contribution in [0.5, 0.6) is 5.75 Å². The number of rotatable bonds is 6. The first-order chi connectivity index (χ1) is 11.6. The standard InChI is InChI=1S/C22H27FO2/c1-15-10-20(25-14-17-6-8-18(23)9-7-17)11-16(2)21(15)12-19(24)13-22(3,4)5/h6-11H,12-14H2,1-5H3. The van der Waals surface area contributed by atoms with Crippen LogP contribution in [-0.4, -0.2) is 5.78 Å². The maximum Gasteiger partial charge on any atom is 0.137 e. The van der Waals surface area contributed by atoms with Crippen LogP contribution in [0.2, 0.25) is 0 Å². The molecule has 2 aromatic rings. The maximum absolute atomic E-state index is 12.9. The Bertz CT molecular complexity index is 717. The molecule has 0 unspecified atom stereocenters. The van der Waals surface area contributed by atoms with E-state index in [0.29, 0.717) is 19.4 Å². The lowest BCUT2D eigenvalue weighted by atomic mass is 9.87. The minimum atomic E-state index is -0.250. The second kappa shape index (κ2) is 7.81. The summed E-state index contributed by atoms with van der Waals surface area (Å²) < 4.78 is 18.8. The Morgan fingerprint density at radius 3 is 2.12 bits per heavy atom. The molecule has 0 saturated heterocycles. The molecule has 0 aliphatic carbocycles. The van der Waals surface area contributed by atoms with Crippen LogP contribution in [0.4, 0.5) is 4.39 Å². The van der Waals surface area contributed by atoms with E-state index >= 15 is 0 Å². The van der Waals surface area contributed by atoms with E-state index < -0.39 is 0 Å². The second-order valence-corrected chi connectivity index (χ2v) is 7.90. The number of aryl methyl sites for hydroxylation is 2. The lowest BCUT2D eigenvalue weighted by molar-refractivity contribution is -0.120. The predicted molar refractivity (Wildman–Crippen MR) is 99.4 cm³/mol. The van der Waals surface area contributed by atoms with Crippen LogP contribution in [0.3, 0.4) is 0 Å². The minimum absolute atomic E-state index is 0.0110. The third-order valence-electron chi connectivity index (χ3n) is 4.09. The molecule has 0 amide bonds. The highest BCUT2D eigenvalue weighted by Gasteiger charge is 2.18. The molecule has 3 heteroatoms. The summed E-state index contributed by atoms with van der Waals surface area (Å²) in [5, 5.41) is 0. The average Bonchev–Trinajstić information content (AvgIpc) is 2.48. The number of carbonyl (C=O) groups is 1. The molecule has 134 valence electrons. The first kappa shape index (κ1) is 19.2. The fourth-order valence-electron chi connectivity index (χ4n) is 2.91. The Balaban J connectivity index is 2.06. The number of ether oxygens (including phenoxy) is 1. The quantitative estimate of drug-likeness (QED) is 0.686. The van der Waals surface area contributed by atoms with Gasteiger partial charge in [-0.2, -0.15) is 0 Å². The van der Waals surface area contributed by atoms with Gasteiger partial charge in [0.25, 0.3) is 0 Å². The summed E-state index contributed by atoms with van der Waals surface area (Å²) in [4.78, 5) is 12.3. The zero-order valence-corrected chi connectivity index (χ0v) is 15.8. The van der Waals surface area contributed by atoms with Gasteiger partial charge in [0.1, 0.15) is 24.0 Å². The molecule has 0 heterocycles. The summed E-state index contributed by atoms with van der Waals surface area (Å²) in [7, 11) is 0. The molecule has 0 radical (unpaired) electrons. The van der Waals surface area contributed by atoms with E-state index in [-0.39, 0.29) is 17.0 Å². The van der Waals surface area contributed by atoms with E-state index in [1.165, 1.54) is 12.1 Å². The molecule has 0 aromatic heterocycles. The summed E-state index contributed by atoms with van der Waals surface area (Å²) in [5.41, 5.74) is 4.15. The van der Waals surface area contributed by atoms with Crippen molar-refractivity contribution in [2.75, 3.05) is 0 Å². The zero-order chi connectivity index (χ0) is 18.6. The predicted octanol–water partition coefficient (Wildman–Crippen LogP) is 5.57. The van der Waals surface area contributed by atoms with Crippen LogP contribution < -0.4 is 4.74 Å². The Kier molecular flexibility index (Phi) is 5.99. The van der Waals surface area contributed by atoms with Gasteiger partial charge in [-0.25, -0.2) is 4.39 Å². The van der Waals surface area contributed by atoms with Crippen LogP contribution in [0.1, 0.15) is 49.4 Å². The second-order valence-electron chi connectivity index (χ2n) is 7.90.